The maximum Gasteiger partial charge on any atom is 0.254 e. The summed E-state index contributed by atoms with van der Waals surface area (Å²) in [6.07, 6.45) is 6.61. The van der Waals surface area contributed by atoms with Gasteiger partial charge in [-0.3, -0.25) is 4.79 Å². The van der Waals surface area contributed by atoms with Crippen LogP contribution >= 0.6 is 0 Å². The molecule has 4 aromatic rings. The number of hydrogen-bond donors (Lipinski definition) is 2. The fourth-order valence-corrected chi connectivity index (χ4v) is 5.16. The summed E-state index contributed by atoms with van der Waals surface area (Å²) in [7, 11) is 4.09. The first kappa shape index (κ1) is 22.6. The predicted octanol–water partition coefficient (Wildman–Crippen LogP) is 3.65. The Morgan fingerprint density at radius 1 is 1.19 bits per heavy atom. The second kappa shape index (κ2) is 9.00. The summed E-state index contributed by atoms with van der Waals surface area (Å²) in [6.45, 7) is 4.71. The van der Waals surface area contributed by atoms with Gasteiger partial charge < -0.3 is 20.3 Å². The topological polar surface area (TPSA) is 96.7 Å². The predicted molar refractivity (Wildman–Crippen MR) is 137 cm³/mol. The summed E-state index contributed by atoms with van der Waals surface area (Å²) in [5, 5.41) is 10.9. The van der Waals surface area contributed by atoms with Gasteiger partial charge in [-0.25, -0.2) is 14.5 Å². The average molecular weight is 484 g/mol. The van der Waals surface area contributed by atoms with Gasteiger partial charge in [0.1, 0.15) is 5.82 Å². The molecule has 9 nitrogen and oxygen atoms in total. The van der Waals surface area contributed by atoms with E-state index in [2.05, 4.69) is 31.7 Å². The molecule has 0 radical (unpaired) electrons. The van der Waals surface area contributed by atoms with Crippen LogP contribution in [0.1, 0.15) is 45.1 Å². The first-order chi connectivity index (χ1) is 17.5. The van der Waals surface area contributed by atoms with Gasteiger partial charge in [0.15, 0.2) is 5.65 Å². The highest BCUT2D eigenvalue weighted by Gasteiger charge is 2.28. The molecule has 1 saturated heterocycles. The quantitative estimate of drug-likeness (QED) is 0.432. The molecule has 1 aromatic carbocycles. The van der Waals surface area contributed by atoms with Gasteiger partial charge in [-0.2, -0.15) is 5.10 Å². The molecule has 2 N–H and O–H groups in total. The molecule has 9 heteroatoms. The van der Waals surface area contributed by atoms with Gasteiger partial charge >= 0.3 is 0 Å². The lowest BCUT2D eigenvalue weighted by Gasteiger charge is -2.19. The molecule has 1 amide bonds. The summed E-state index contributed by atoms with van der Waals surface area (Å²) in [5.41, 5.74) is 8.26. The minimum atomic E-state index is -0.0946. The van der Waals surface area contributed by atoms with E-state index in [-0.39, 0.29) is 5.91 Å². The van der Waals surface area contributed by atoms with E-state index in [4.69, 9.17) is 9.72 Å². The number of nitrogens with one attached hydrogen (secondary N) is 2. The van der Waals surface area contributed by atoms with Crippen molar-refractivity contribution in [2.24, 2.45) is 0 Å². The lowest BCUT2D eigenvalue weighted by atomic mass is 9.96. The molecule has 1 atom stereocenters. The van der Waals surface area contributed by atoms with E-state index in [1.165, 1.54) is 5.56 Å². The standard InChI is InChI=1S/C27H29N7O2/c1-16-10-28-26-21(12-30-34(26)13-16)19-4-6-22(25-20(19)11-29-27(25)35)31-24-7-5-18(17-8-9-36-15-17)23(32-24)14-33(2)3/h4-7,10,12-13,17H,8-9,11,14-15H2,1-3H3,(H,29,35)(H,31,32). The van der Waals surface area contributed by atoms with E-state index in [9.17, 15) is 4.79 Å². The van der Waals surface area contributed by atoms with Gasteiger partial charge in [-0.1, -0.05) is 12.1 Å². The molecule has 36 heavy (non-hydrogen) atoms. The van der Waals surface area contributed by atoms with Crippen molar-refractivity contribution in [2.45, 2.75) is 32.4 Å². The Hall–Kier alpha value is -3.82. The zero-order valence-electron chi connectivity index (χ0n) is 20.7. The number of rotatable bonds is 6. The second-order valence-electron chi connectivity index (χ2n) is 9.81. The molecule has 6 rings (SSSR count). The molecule has 0 bridgehead atoms. The number of nitrogens with zero attached hydrogens (tertiary/aromatic N) is 5. The van der Waals surface area contributed by atoms with Crippen LogP contribution in [-0.4, -0.2) is 57.7 Å². The van der Waals surface area contributed by atoms with Crippen LogP contribution in [-0.2, 0) is 17.8 Å². The van der Waals surface area contributed by atoms with Crippen LogP contribution in [0, 0.1) is 6.92 Å². The van der Waals surface area contributed by atoms with Gasteiger partial charge in [-0.15, -0.1) is 0 Å². The molecule has 0 aliphatic carbocycles. The molecular weight excluding hydrogens is 454 g/mol. The number of carbonyl (C=O) groups excluding carboxylic acids is 1. The summed E-state index contributed by atoms with van der Waals surface area (Å²) < 4.78 is 7.40. The van der Waals surface area contributed by atoms with Crippen molar-refractivity contribution in [2.75, 3.05) is 32.6 Å². The normalized spacial score (nSPS) is 17.1. The van der Waals surface area contributed by atoms with Crippen LogP contribution in [0.3, 0.4) is 0 Å². The number of carbonyl (C=O) groups is 1. The molecular formula is C27H29N7O2. The number of benzene rings is 1. The Morgan fingerprint density at radius 2 is 2.08 bits per heavy atom. The molecule has 184 valence electrons. The Morgan fingerprint density at radius 3 is 2.89 bits per heavy atom. The zero-order chi connectivity index (χ0) is 24.8. The Labute approximate surface area is 209 Å². The number of aromatic nitrogens is 4. The first-order valence-electron chi connectivity index (χ1n) is 12.2. The Balaban J connectivity index is 1.38. The molecule has 1 unspecified atom stereocenters. The third-order valence-electron chi connectivity index (χ3n) is 6.85. The van der Waals surface area contributed by atoms with Crippen molar-refractivity contribution in [3.8, 4) is 11.1 Å². The summed E-state index contributed by atoms with van der Waals surface area (Å²) in [4.78, 5) is 24.6. The lowest BCUT2D eigenvalue weighted by molar-refractivity contribution is 0.0966. The molecule has 5 heterocycles. The second-order valence-corrected chi connectivity index (χ2v) is 9.81. The fraction of sp³-hybridized carbons (Fsp3) is 0.333. The van der Waals surface area contributed by atoms with E-state index in [1.807, 2.05) is 57.8 Å². The largest absolute Gasteiger partial charge is 0.381 e. The van der Waals surface area contributed by atoms with Crippen molar-refractivity contribution in [3.63, 3.8) is 0 Å². The van der Waals surface area contributed by atoms with Gasteiger partial charge in [0.2, 0.25) is 0 Å². The summed E-state index contributed by atoms with van der Waals surface area (Å²) in [6, 6.07) is 8.13. The number of pyridine rings is 1. The van der Waals surface area contributed by atoms with E-state index < -0.39 is 0 Å². The number of fused-ring (bicyclic) bond motifs is 2. The SMILES string of the molecule is Cc1cnc2c(-c3ccc(Nc4ccc(C5CCOC5)c(CN(C)C)n4)c4c3CNC4=O)cnn2c1. The molecule has 1 fully saturated rings. The summed E-state index contributed by atoms with van der Waals surface area (Å²) >= 11 is 0. The van der Waals surface area contributed by atoms with Crippen molar-refractivity contribution in [1.82, 2.24) is 29.8 Å². The minimum Gasteiger partial charge on any atom is -0.381 e. The van der Waals surface area contributed by atoms with Crippen LogP contribution in [0.15, 0.2) is 42.9 Å². The third-order valence-corrected chi connectivity index (χ3v) is 6.85. The van der Waals surface area contributed by atoms with E-state index in [0.29, 0.717) is 18.0 Å². The van der Waals surface area contributed by atoms with Crippen molar-refractivity contribution < 1.29 is 9.53 Å². The van der Waals surface area contributed by atoms with Gasteiger partial charge in [0.25, 0.3) is 5.91 Å². The van der Waals surface area contributed by atoms with Crippen molar-refractivity contribution in [1.29, 1.82) is 0 Å². The van der Waals surface area contributed by atoms with Crippen molar-refractivity contribution >= 4 is 23.1 Å². The number of anilines is 2. The summed E-state index contributed by atoms with van der Waals surface area (Å²) in [5.74, 6) is 0.999. The average Bonchev–Trinajstić information content (AvgIpc) is 3.60. The molecule has 3 aromatic heterocycles. The highest BCUT2D eigenvalue weighted by molar-refractivity contribution is 6.06. The molecule has 2 aliphatic heterocycles. The maximum absolute atomic E-state index is 12.9. The molecule has 0 saturated carbocycles. The van der Waals surface area contributed by atoms with Crippen LogP contribution in [0.4, 0.5) is 11.5 Å². The van der Waals surface area contributed by atoms with Crippen LogP contribution in [0.25, 0.3) is 16.8 Å². The highest BCUT2D eigenvalue weighted by atomic mass is 16.5. The Bertz CT molecular complexity index is 1470. The zero-order valence-corrected chi connectivity index (χ0v) is 20.7. The van der Waals surface area contributed by atoms with Gasteiger partial charge in [-0.05, 0) is 61.8 Å². The van der Waals surface area contributed by atoms with Gasteiger partial charge in [0, 0.05) is 43.6 Å². The molecule has 0 spiro atoms. The minimum absolute atomic E-state index is 0.0946. The number of ether oxygens (including phenoxy) is 1. The highest BCUT2D eigenvalue weighted by Crippen LogP contribution is 2.37. The molecule has 2 aliphatic rings. The third kappa shape index (κ3) is 4.00. The van der Waals surface area contributed by atoms with Crippen LogP contribution in [0.5, 0.6) is 0 Å². The van der Waals surface area contributed by atoms with Crippen LogP contribution in [0.2, 0.25) is 0 Å². The number of amides is 1. The number of aryl methyl sites for hydroxylation is 1. The van der Waals surface area contributed by atoms with Gasteiger partial charge in [0.05, 0.1) is 29.7 Å². The fourth-order valence-electron chi connectivity index (χ4n) is 5.16. The van der Waals surface area contributed by atoms with Crippen molar-refractivity contribution in [3.05, 3.63) is 70.8 Å². The lowest BCUT2D eigenvalue weighted by Crippen LogP contribution is -2.16. The van der Waals surface area contributed by atoms with E-state index >= 15 is 0 Å². The Kier molecular flexibility index (Phi) is 5.66. The first-order valence-corrected chi connectivity index (χ1v) is 12.2. The maximum atomic E-state index is 12.9. The van der Waals surface area contributed by atoms with Crippen LogP contribution < -0.4 is 10.6 Å². The number of hydrogen-bond acceptors (Lipinski definition) is 7. The smallest absolute Gasteiger partial charge is 0.254 e. The monoisotopic (exact) mass is 483 g/mol. The van der Waals surface area contributed by atoms with E-state index in [1.54, 1.807) is 4.52 Å². The van der Waals surface area contributed by atoms with E-state index in [0.717, 1.165) is 71.3 Å².